The number of hydrogen-bond donors (Lipinski definition) is 3. The van der Waals surface area contributed by atoms with Crippen LogP contribution in [0.3, 0.4) is 0 Å². The Hall–Kier alpha value is -1.84. The lowest BCUT2D eigenvalue weighted by molar-refractivity contribution is -0.141. The Morgan fingerprint density at radius 2 is 1.50 bits per heavy atom. The maximum Gasteiger partial charge on any atom is 0.315 e. The molecule has 0 spiro atoms. The SMILES string of the molecule is CC1(CC(NC(=O)NC2(CS(=O)(=O)C(C)(C)C)CCCCC2)C(=O)N2CC3C(C2C(N)=O)C3(C)C)CCCCC1. The zero-order chi connectivity index (χ0) is 29.7. The topological polar surface area (TPSA) is 139 Å². The van der Waals surface area contributed by atoms with Crippen molar-refractivity contribution in [2.75, 3.05) is 12.3 Å². The van der Waals surface area contributed by atoms with Gasteiger partial charge in [-0.05, 0) is 75.5 Å². The Labute approximate surface area is 241 Å². The summed E-state index contributed by atoms with van der Waals surface area (Å²) in [7, 11) is -3.49. The van der Waals surface area contributed by atoms with Crippen LogP contribution in [0.25, 0.3) is 0 Å². The number of sulfone groups is 1. The van der Waals surface area contributed by atoms with E-state index in [0.29, 0.717) is 25.8 Å². The highest BCUT2D eigenvalue weighted by atomic mass is 32.2. The number of fused-ring (bicyclic) bond motifs is 1. The van der Waals surface area contributed by atoms with Gasteiger partial charge in [0.25, 0.3) is 0 Å². The lowest BCUT2D eigenvalue weighted by atomic mass is 9.71. The lowest BCUT2D eigenvalue weighted by Gasteiger charge is -2.41. The van der Waals surface area contributed by atoms with Crippen molar-refractivity contribution in [1.82, 2.24) is 15.5 Å². The highest BCUT2D eigenvalue weighted by Gasteiger charge is 2.69. The van der Waals surface area contributed by atoms with Crippen LogP contribution in [0.1, 0.15) is 112 Å². The Morgan fingerprint density at radius 3 is 2.02 bits per heavy atom. The standard InChI is InChI=1S/C30H52N4O5S/c1-27(2,3)40(38,39)19-30(15-11-8-12-16-30)33-26(37)32-21(17-29(6)13-9-7-10-14-29)25(36)34-18-20-22(28(20,4)5)23(34)24(31)35/h20-23H,7-19H2,1-6H3,(H2,31,35)(H2,32,33,37). The zero-order valence-electron chi connectivity index (χ0n) is 25.5. The summed E-state index contributed by atoms with van der Waals surface area (Å²) in [6.45, 7) is 11.9. The minimum atomic E-state index is -3.49. The highest BCUT2D eigenvalue weighted by Crippen LogP contribution is 2.64. The molecule has 0 radical (unpaired) electrons. The quantitative estimate of drug-likeness (QED) is 0.400. The largest absolute Gasteiger partial charge is 0.368 e. The first-order valence-corrected chi connectivity index (χ1v) is 17.0. The average Bonchev–Trinajstić information content (AvgIpc) is 3.15. The molecule has 4 fully saturated rings. The van der Waals surface area contributed by atoms with Gasteiger partial charge < -0.3 is 21.3 Å². The number of amides is 4. The van der Waals surface area contributed by atoms with Crippen molar-refractivity contribution in [3.63, 3.8) is 0 Å². The molecule has 4 N–H and O–H groups in total. The third-order valence-corrected chi connectivity index (χ3v) is 13.5. The van der Waals surface area contributed by atoms with Crippen LogP contribution in [0.5, 0.6) is 0 Å². The van der Waals surface area contributed by atoms with Crippen LogP contribution in [0.4, 0.5) is 4.79 Å². The van der Waals surface area contributed by atoms with Gasteiger partial charge in [0.05, 0.1) is 16.0 Å². The van der Waals surface area contributed by atoms with Gasteiger partial charge in [0.2, 0.25) is 11.8 Å². The fourth-order valence-corrected chi connectivity index (χ4v) is 9.41. The molecule has 4 atom stereocenters. The van der Waals surface area contributed by atoms with E-state index in [9.17, 15) is 22.8 Å². The fourth-order valence-electron chi connectivity index (χ4n) is 7.89. The molecule has 4 amide bonds. The first kappa shape index (κ1) is 31.1. The van der Waals surface area contributed by atoms with Gasteiger partial charge >= 0.3 is 6.03 Å². The molecule has 1 aliphatic heterocycles. The molecule has 0 aromatic rings. The predicted octanol–water partition coefficient (Wildman–Crippen LogP) is 3.90. The van der Waals surface area contributed by atoms with Crippen molar-refractivity contribution in [2.24, 2.45) is 28.4 Å². The van der Waals surface area contributed by atoms with E-state index in [1.165, 1.54) is 6.42 Å². The molecular weight excluding hydrogens is 528 g/mol. The summed E-state index contributed by atoms with van der Waals surface area (Å²) in [4.78, 5) is 41.9. The van der Waals surface area contributed by atoms with Gasteiger partial charge in [-0.15, -0.1) is 0 Å². The van der Waals surface area contributed by atoms with Crippen LogP contribution in [-0.2, 0) is 19.4 Å². The van der Waals surface area contributed by atoms with E-state index in [1.54, 1.807) is 25.7 Å². The molecule has 4 aliphatic rings. The van der Waals surface area contributed by atoms with Gasteiger partial charge in [0.15, 0.2) is 9.84 Å². The first-order chi connectivity index (χ1) is 18.4. The monoisotopic (exact) mass is 580 g/mol. The molecule has 1 heterocycles. The van der Waals surface area contributed by atoms with Crippen molar-refractivity contribution in [2.45, 2.75) is 135 Å². The van der Waals surface area contributed by atoms with Gasteiger partial charge in [-0.2, -0.15) is 0 Å². The molecule has 40 heavy (non-hydrogen) atoms. The third kappa shape index (κ3) is 6.16. The zero-order valence-corrected chi connectivity index (χ0v) is 26.3. The normalized spacial score (nSPS) is 29.6. The van der Waals surface area contributed by atoms with Gasteiger partial charge in [-0.3, -0.25) is 9.59 Å². The number of nitrogens with two attached hydrogens (primary N) is 1. The number of likely N-dealkylation sites (tertiary alicyclic amines) is 1. The summed E-state index contributed by atoms with van der Waals surface area (Å²) < 4.78 is 25.5. The van der Waals surface area contributed by atoms with Crippen molar-refractivity contribution >= 4 is 27.7 Å². The molecule has 0 aromatic heterocycles. The van der Waals surface area contributed by atoms with Gasteiger partial charge in [0.1, 0.15) is 12.1 Å². The number of rotatable bonds is 8. The molecule has 3 aliphatic carbocycles. The van der Waals surface area contributed by atoms with Crippen molar-refractivity contribution in [3.8, 4) is 0 Å². The number of piperidine rings is 1. The Balaban J connectivity index is 1.56. The maximum atomic E-state index is 14.1. The Morgan fingerprint density at radius 1 is 0.950 bits per heavy atom. The fraction of sp³-hybridized carbons (Fsp3) is 0.900. The Bertz CT molecular complexity index is 1100. The second-order valence-electron chi connectivity index (χ2n) is 15.2. The third-order valence-electron chi connectivity index (χ3n) is 10.7. The van der Waals surface area contributed by atoms with E-state index in [1.807, 2.05) is 0 Å². The molecule has 4 rings (SSSR count). The van der Waals surface area contributed by atoms with E-state index in [2.05, 4.69) is 31.4 Å². The number of carbonyl (C=O) groups excluding carboxylic acids is 3. The Kier molecular flexibility index (Phi) is 8.38. The van der Waals surface area contributed by atoms with E-state index < -0.39 is 44.1 Å². The molecular formula is C30H52N4O5S. The smallest absolute Gasteiger partial charge is 0.315 e. The molecule has 10 heteroatoms. The summed E-state index contributed by atoms with van der Waals surface area (Å²) in [5.74, 6) is -0.605. The second kappa shape index (κ2) is 10.8. The molecule has 0 bridgehead atoms. The van der Waals surface area contributed by atoms with Crippen LogP contribution in [-0.4, -0.2) is 65.8 Å². The molecule has 0 aromatic carbocycles. The van der Waals surface area contributed by atoms with Gasteiger partial charge in [0, 0.05) is 6.54 Å². The van der Waals surface area contributed by atoms with E-state index >= 15 is 0 Å². The maximum absolute atomic E-state index is 14.1. The van der Waals surface area contributed by atoms with Crippen LogP contribution in [0.2, 0.25) is 0 Å². The van der Waals surface area contributed by atoms with Crippen LogP contribution < -0.4 is 16.4 Å². The summed E-state index contributed by atoms with van der Waals surface area (Å²) in [6.07, 6.45) is 9.63. The number of nitrogens with zero attached hydrogens (tertiary/aromatic N) is 1. The van der Waals surface area contributed by atoms with Gasteiger partial charge in [-0.25, -0.2) is 13.2 Å². The number of nitrogens with one attached hydrogen (secondary N) is 2. The molecule has 9 nitrogen and oxygen atoms in total. The molecule has 3 saturated carbocycles. The first-order valence-electron chi connectivity index (χ1n) is 15.3. The minimum absolute atomic E-state index is 0.0297. The summed E-state index contributed by atoms with van der Waals surface area (Å²) in [5.41, 5.74) is 4.82. The minimum Gasteiger partial charge on any atom is -0.368 e. The van der Waals surface area contributed by atoms with Gasteiger partial charge in [-0.1, -0.05) is 59.3 Å². The predicted molar refractivity (Wildman–Crippen MR) is 156 cm³/mol. The number of hydrogen-bond acceptors (Lipinski definition) is 5. The summed E-state index contributed by atoms with van der Waals surface area (Å²) in [6, 6.07) is -1.99. The van der Waals surface area contributed by atoms with E-state index in [4.69, 9.17) is 5.73 Å². The van der Waals surface area contributed by atoms with Crippen LogP contribution in [0.15, 0.2) is 0 Å². The van der Waals surface area contributed by atoms with Crippen molar-refractivity contribution in [3.05, 3.63) is 0 Å². The van der Waals surface area contributed by atoms with Crippen molar-refractivity contribution in [1.29, 1.82) is 0 Å². The highest BCUT2D eigenvalue weighted by molar-refractivity contribution is 7.92. The van der Waals surface area contributed by atoms with E-state index in [-0.39, 0.29) is 34.3 Å². The molecule has 1 saturated heterocycles. The molecule has 228 valence electrons. The van der Waals surface area contributed by atoms with Crippen LogP contribution >= 0.6 is 0 Å². The molecule has 4 unspecified atom stereocenters. The summed E-state index contributed by atoms with van der Waals surface area (Å²) >= 11 is 0. The summed E-state index contributed by atoms with van der Waals surface area (Å²) in [5, 5.41) is 6.04. The van der Waals surface area contributed by atoms with E-state index in [0.717, 1.165) is 44.9 Å². The average molecular weight is 581 g/mol. The number of primary amides is 1. The number of urea groups is 1. The lowest BCUT2D eigenvalue weighted by Crippen LogP contribution is -2.62. The number of carbonyl (C=O) groups is 3. The second-order valence-corrected chi connectivity index (χ2v) is 18.0. The van der Waals surface area contributed by atoms with Crippen molar-refractivity contribution < 1.29 is 22.8 Å². The van der Waals surface area contributed by atoms with Crippen LogP contribution in [0, 0.1) is 22.7 Å².